The third-order valence-electron chi connectivity index (χ3n) is 9.76. The molecule has 0 saturated carbocycles. The van der Waals surface area contributed by atoms with Crippen LogP contribution in [0.15, 0.2) is 176 Å². The molecule has 0 heterocycles. The second-order valence-electron chi connectivity index (χ2n) is 13.1. The second kappa shape index (κ2) is 14.7. The minimum atomic E-state index is -1.19. The molecule has 0 fully saturated rings. The summed E-state index contributed by atoms with van der Waals surface area (Å²) in [4.78, 5) is 26.5. The highest BCUT2D eigenvalue weighted by Crippen LogP contribution is 2.48. The number of fused-ring (bicyclic) bond motifs is 2. The van der Waals surface area contributed by atoms with Gasteiger partial charge in [-0.05, 0) is 89.4 Å². The molecule has 0 unspecified atom stereocenters. The van der Waals surface area contributed by atoms with Crippen molar-refractivity contribution in [2.75, 3.05) is 5.73 Å². The van der Waals surface area contributed by atoms with Crippen LogP contribution in [0.25, 0.3) is 32.7 Å². The molecular formula is C48H37NO2P2. The number of nitrogens with two attached hydrogens (primary N) is 1. The first-order chi connectivity index (χ1) is 25.9. The van der Waals surface area contributed by atoms with Crippen molar-refractivity contribution in [2.45, 2.75) is 13.8 Å². The zero-order valence-corrected chi connectivity index (χ0v) is 31.3. The molecule has 256 valence electrons. The van der Waals surface area contributed by atoms with Gasteiger partial charge in [-0.2, -0.15) is 0 Å². The Morgan fingerprint density at radius 3 is 1.28 bits per heavy atom. The lowest BCUT2D eigenvalue weighted by Crippen LogP contribution is -2.28. The summed E-state index contributed by atoms with van der Waals surface area (Å²) in [7, 11) is -2.29. The van der Waals surface area contributed by atoms with E-state index in [1.807, 2.05) is 42.5 Å². The smallest absolute Gasteiger partial charge is 0.160 e. The quantitative estimate of drug-likeness (QED) is 0.0919. The van der Waals surface area contributed by atoms with Crippen molar-refractivity contribution in [1.29, 1.82) is 0 Å². The first kappa shape index (κ1) is 34.4. The maximum Gasteiger partial charge on any atom is 0.160 e. The van der Waals surface area contributed by atoms with Crippen LogP contribution in [0.3, 0.4) is 0 Å². The molecule has 0 amide bonds. The molecule has 8 aromatic rings. The van der Waals surface area contributed by atoms with Gasteiger partial charge in [-0.1, -0.05) is 170 Å². The number of benzene rings is 8. The minimum Gasteiger partial charge on any atom is -0.398 e. The Kier molecular flexibility index (Phi) is 9.55. The molecule has 0 aliphatic heterocycles. The lowest BCUT2D eigenvalue weighted by atomic mass is 9.89. The van der Waals surface area contributed by atoms with Crippen molar-refractivity contribution in [1.82, 2.24) is 0 Å². The average Bonchev–Trinajstić information content (AvgIpc) is 3.19. The van der Waals surface area contributed by atoms with Crippen molar-refractivity contribution in [3.05, 3.63) is 187 Å². The number of nitrogen functional groups attached to an aromatic ring is 1. The molecule has 53 heavy (non-hydrogen) atoms. The molecule has 0 radical (unpaired) electrons. The Labute approximate surface area is 312 Å². The summed E-state index contributed by atoms with van der Waals surface area (Å²) < 4.78 is 0. The van der Waals surface area contributed by atoms with Crippen LogP contribution in [-0.4, -0.2) is 11.6 Å². The van der Waals surface area contributed by atoms with Crippen LogP contribution in [0.4, 0.5) is 5.69 Å². The van der Waals surface area contributed by atoms with E-state index in [1.165, 1.54) is 21.2 Å². The van der Waals surface area contributed by atoms with Crippen LogP contribution in [0, 0.1) is 0 Å². The zero-order valence-electron chi connectivity index (χ0n) is 29.5. The van der Waals surface area contributed by atoms with Crippen molar-refractivity contribution in [3.8, 4) is 11.1 Å². The highest BCUT2D eigenvalue weighted by atomic mass is 31.1. The zero-order chi connectivity index (χ0) is 36.5. The summed E-state index contributed by atoms with van der Waals surface area (Å²) in [6, 6.07) is 61.0. The van der Waals surface area contributed by atoms with Crippen molar-refractivity contribution >= 4 is 86.5 Å². The first-order valence-corrected chi connectivity index (χ1v) is 20.3. The molecule has 0 atom stereocenters. The van der Waals surface area contributed by atoms with Gasteiger partial charge in [-0.3, -0.25) is 9.59 Å². The van der Waals surface area contributed by atoms with Gasteiger partial charge in [0, 0.05) is 27.7 Å². The van der Waals surface area contributed by atoms with Crippen LogP contribution in [0.1, 0.15) is 34.6 Å². The fourth-order valence-electron chi connectivity index (χ4n) is 7.48. The van der Waals surface area contributed by atoms with Gasteiger partial charge in [0.2, 0.25) is 0 Å². The summed E-state index contributed by atoms with van der Waals surface area (Å²) in [6.45, 7) is 3.25. The molecule has 0 aliphatic rings. The van der Waals surface area contributed by atoms with E-state index in [1.54, 1.807) is 13.8 Å². The SMILES string of the molecule is CC(=O)c1cccc2c(-c3c(P(c4ccccc4)c4ccccc4)c(N)cc4c(C(C)=O)cccc34)c(P(c3ccccc3)c3ccccc3)ccc12. The molecular weight excluding hydrogens is 684 g/mol. The van der Waals surface area contributed by atoms with Crippen LogP contribution in [0.5, 0.6) is 0 Å². The van der Waals surface area contributed by atoms with Gasteiger partial charge in [0.15, 0.2) is 11.6 Å². The molecule has 0 aromatic heterocycles. The number of carbonyl (C=O) groups is 2. The molecule has 0 spiro atoms. The largest absolute Gasteiger partial charge is 0.398 e. The Balaban J connectivity index is 1.62. The first-order valence-electron chi connectivity index (χ1n) is 17.7. The van der Waals surface area contributed by atoms with E-state index in [-0.39, 0.29) is 11.6 Å². The predicted molar refractivity (Wildman–Crippen MR) is 229 cm³/mol. The summed E-state index contributed by atoms with van der Waals surface area (Å²) in [5.41, 5.74) is 11.4. The van der Waals surface area contributed by atoms with E-state index in [2.05, 4.69) is 133 Å². The summed E-state index contributed by atoms with van der Waals surface area (Å²) in [5.74, 6) is -0.00931. The number of hydrogen-bond acceptors (Lipinski definition) is 3. The molecule has 0 aliphatic carbocycles. The Hall–Kier alpha value is -5.72. The molecule has 2 N–H and O–H groups in total. The van der Waals surface area contributed by atoms with Gasteiger partial charge >= 0.3 is 0 Å². The fraction of sp³-hybridized carbons (Fsp3) is 0.0417. The Morgan fingerprint density at radius 1 is 0.415 bits per heavy atom. The molecule has 0 bridgehead atoms. The van der Waals surface area contributed by atoms with E-state index in [0.29, 0.717) is 16.8 Å². The van der Waals surface area contributed by atoms with Gasteiger partial charge in [0.25, 0.3) is 0 Å². The van der Waals surface area contributed by atoms with Crippen LogP contribution < -0.4 is 37.6 Å². The van der Waals surface area contributed by atoms with Crippen LogP contribution >= 0.6 is 15.8 Å². The third kappa shape index (κ3) is 6.38. The lowest BCUT2D eigenvalue weighted by Gasteiger charge is -2.30. The van der Waals surface area contributed by atoms with Crippen molar-refractivity contribution in [2.24, 2.45) is 0 Å². The van der Waals surface area contributed by atoms with E-state index < -0.39 is 15.8 Å². The van der Waals surface area contributed by atoms with Gasteiger partial charge in [-0.15, -0.1) is 0 Å². The highest BCUT2D eigenvalue weighted by Gasteiger charge is 2.30. The van der Waals surface area contributed by atoms with E-state index >= 15 is 0 Å². The predicted octanol–water partition coefficient (Wildman–Crippen LogP) is 9.16. The number of Topliss-reactive ketones (excluding diaryl/α,β-unsaturated/α-hetero) is 2. The van der Waals surface area contributed by atoms with Crippen LogP contribution in [0.2, 0.25) is 0 Å². The molecule has 5 heteroatoms. The topological polar surface area (TPSA) is 60.2 Å². The molecule has 3 nitrogen and oxygen atoms in total. The van der Waals surface area contributed by atoms with Gasteiger partial charge in [-0.25, -0.2) is 0 Å². The Morgan fingerprint density at radius 2 is 0.830 bits per heavy atom. The van der Waals surface area contributed by atoms with E-state index in [0.717, 1.165) is 43.3 Å². The lowest BCUT2D eigenvalue weighted by molar-refractivity contribution is 0.101. The second-order valence-corrected chi connectivity index (χ2v) is 17.4. The van der Waals surface area contributed by atoms with Crippen LogP contribution in [-0.2, 0) is 0 Å². The van der Waals surface area contributed by atoms with Crippen molar-refractivity contribution < 1.29 is 9.59 Å². The number of ketones is 2. The van der Waals surface area contributed by atoms with Crippen molar-refractivity contribution in [3.63, 3.8) is 0 Å². The van der Waals surface area contributed by atoms with Gasteiger partial charge < -0.3 is 5.73 Å². The maximum atomic E-state index is 13.3. The minimum absolute atomic E-state index is 0.00929. The molecule has 0 saturated heterocycles. The molecule has 8 aromatic carbocycles. The summed E-state index contributed by atoms with van der Waals surface area (Å²) in [6.07, 6.45) is 0. The number of rotatable bonds is 9. The maximum absolute atomic E-state index is 13.3. The third-order valence-corrected chi connectivity index (χ3v) is 14.8. The Bertz CT molecular complexity index is 2550. The average molecular weight is 722 g/mol. The number of anilines is 1. The number of carbonyl (C=O) groups excluding carboxylic acids is 2. The van der Waals surface area contributed by atoms with Gasteiger partial charge in [0.1, 0.15) is 0 Å². The standard InChI is InChI=1S/C48H37NO2P2/c1-32(50)38-25-15-27-41-40(38)29-30-45(52(34-17-7-3-8-18-34)35-19-9-4-10-20-35)46(41)47-42-28-16-26-39(33(2)51)43(42)31-44(49)48(47)53(36-21-11-5-12-22-36)37-23-13-6-14-24-37/h3-31H,49H2,1-2H3. The monoisotopic (exact) mass is 721 g/mol. The summed E-state index contributed by atoms with van der Waals surface area (Å²) in [5, 5.41) is 10.6. The summed E-state index contributed by atoms with van der Waals surface area (Å²) >= 11 is 0. The van der Waals surface area contributed by atoms with Gasteiger partial charge in [0.05, 0.1) is 0 Å². The fourth-order valence-corrected chi connectivity index (χ4v) is 12.5. The van der Waals surface area contributed by atoms with E-state index in [4.69, 9.17) is 5.73 Å². The highest BCUT2D eigenvalue weighted by molar-refractivity contribution is 7.81. The van der Waals surface area contributed by atoms with E-state index in [9.17, 15) is 9.59 Å². The number of hydrogen-bond donors (Lipinski definition) is 1. The molecule has 8 rings (SSSR count). The normalized spacial score (nSPS) is 11.4.